The van der Waals surface area contributed by atoms with E-state index in [-0.39, 0.29) is 5.97 Å². The predicted molar refractivity (Wildman–Crippen MR) is 66.3 cm³/mol. The van der Waals surface area contributed by atoms with Gasteiger partial charge in [-0.2, -0.15) is 0 Å². The van der Waals surface area contributed by atoms with Crippen molar-refractivity contribution in [2.45, 2.75) is 31.6 Å². The lowest BCUT2D eigenvalue weighted by Crippen LogP contribution is -2.34. The molecule has 4 nitrogen and oxygen atoms in total. The van der Waals surface area contributed by atoms with E-state index in [1.165, 1.54) is 0 Å². The fourth-order valence-corrected chi connectivity index (χ4v) is 1.48. The Morgan fingerprint density at radius 2 is 1.88 bits per heavy atom. The summed E-state index contributed by atoms with van der Waals surface area (Å²) in [4.78, 5) is 11.1. The molecular weight excluding hydrogens is 224 g/mol. The molecule has 94 valence electrons. The molecule has 0 unspecified atom stereocenters. The standard InChI is InChI=1S/C11H22O4Si/c1-9(2)10(12)15-8-6-5-7-11(16,13-3)14-4/h1,5-8H2,2-4,16H3. The van der Waals surface area contributed by atoms with Gasteiger partial charge >= 0.3 is 5.97 Å². The van der Waals surface area contributed by atoms with E-state index in [4.69, 9.17) is 14.2 Å². The molecule has 5 heteroatoms. The van der Waals surface area contributed by atoms with Gasteiger partial charge in [-0.25, -0.2) is 4.79 Å². The van der Waals surface area contributed by atoms with E-state index in [0.29, 0.717) is 12.2 Å². The van der Waals surface area contributed by atoms with Crippen LogP contribution in [0, 0.1) is 0 Å². The summed E-state index contributed by atoms with van der Waals surface area (Å²) in [6, 6.07) is 0. The Kier molecular flexibility index (Phi) is 7.28. The summed E-state index contributed by atoms with van der Waals surface area (Å²) in [6.45, 7) is 5.58. The van der Waals surface area contributed by atoms with Gasteiger partial charge in [-0.05, 0) is 26.2 Å². The second-order valence-corrected chi connectivity index (χ2v) is 5.44. The molecule has 0 bridgehead atoms. The fraction of sp³-hybridized carbons (Fsp3) is 0.727. The molecule has 0 aliphatic rings. The van der Waals surface area contributed by atoms with Crippen LogP contribution in [0.3, 0.4) is 0 Å². The zero-order valence-electron chi connectivity index (χ0n) is 10.7. The maximum atomic E-state index is 11.1. The highest BCUT2D eigenvalue weighted by Crippen LogP contribution is 2.15. The lowest BCUT2D eigenvalue weighted by Gasteiger charge is -2.26. The van der Waals surface area contributed by atoms with E-state index in [2.05, 4.69) is 6.58 Å². The minimum Gasteiger partial charge on any atom is -0.462 e. The molecule has 0 saturated carbocycles. The normalized spacial score (nSPS) is 11.4. The lowest BCUT2D eigenvalue weighted by molar-refractivity contribution is -0.147. The average molecular weight is 246 g/mol. The fourth-order valence-electron chi connectivity index (χ4n) is 1.12. The molecular formula is C11H22O4Si. The summed E-state index contributed by atoms with van der Waals surface area (Å²) in [5.41, 5.74) is 0.0317. The smallest absolute Gasteiger partial charge is 0.333 e. The van der Waals surface area contributed by atoms with Crippen LogP contribution in [0.2, 0.25) is 0 Å². The number of methoxy groups -OCH3 is 2. The van der Waals surface area contributed by atoms with Crippen LogP contribution >= 0.6 is 0 Å². The van der Waals surface area contributed by atoms with Crippen LogP contribution in [-0.2, 0) is 19.0 Å². The largest absolute Gasteiger partial charge is 0.462 e. The molecule has 0 saturated heterocycles. The van der Waals surface area contributed by atoms with Gasteiger partial charge in [0.25, 0.3) is 0 Å². The molecule has 0 aliphatic heterocycles. The third-order valence-electron chi connectivity index (χ3n) is 2.47. The van der Waals surface area contributed by atoms with E-state index < -0.39 is 5.41 Å². The molecule has 0 radical (unpaired) electrons. The Morgan fingerprint density at radius 3 is 2.31 bits per heavy atom. The molecule has 0 aromatic heterocycles. The molecule has 0 atom stereocenters. The number of carbonyl (C=O) groups excluding carboxylic acids is 1. The summed E-state index contributed by atoms with van der Waals surface area (Å²) in [7, 11) is 4.12. The second-order valence-electron chi connectivity index (χ2n) is 3.92. The SMILES string of the molecule is C=C(C)C(=O)OCCCCC([SiH3])(OC)OC. The third-order valence-corrected chi connectivity index (χ3v) is 3.79. The number of carbonyl (C=O) groups is 1. The number of unbranched alkanes of at least 4 members (excludes halogenated alkanes) is 1. The Balaban J connectivity index is 3.61. The molecule has 0 N–H and O–H groups in total. The van der Waals surface area contributed by atoms with E-state index in [9.17, 15) is 4.79 Å². The van der Waals surface area contributed by atoms with E-state index >= 15 is 0 Å². The minimum atomic E-state index is -0.404. The van der Waals surface area contributed by atoms with Crippen molar-refractivity contribution in [1.29, 1.82) is 0 Å². The summed E-state index contributed by atoms with van der Waals surface area (Å²) in [5.74, 6) is -0.324. The highest BCUT2D eigenvalue weighted by atomic mass is 28.1. The van der Waals surface area contributed by atoms with Gasteiger partial charge in [0.05, 0.1) is 16.8 Å². The Hall–Kier alpha value is -0.653. The van der Waals surface area contributed by atoms with Crippen molar-refractivity contribution in [2.75, 3.05) is 20.8 Å². The van der Waals surface area contributed by atoms with E-state index in [1.54, 1.807) is 21.1 Å². The number of ether oxygens (including phenoxy) is 3. The summed E-state index contributed by atoms with van der Waals surface area (Å²) >= 11 is 0. The van der Waals surface area contributed by atoms with Crippen LogP contribution in [0.15, 0.2) is 12.2 Å². The lowest BCUT2D eigenvalue weighted by atomic mass is 10.2. The van der Waals surface area contributed by atoms with Crippen molar-refractivity contribution in [1.82, 2.24) is 0 Å². The highest BCUT2D eigenvalue weighted by Gasteiger charge is 2.21. The van der Waals surface area contributed by atoms with Crippen LogP contribution in [0.4, 0.5) is 0 Å². The molecule has 0 amide bonds. The maximum Gasteiger partial charge on any atom is 0.333 e. The van der Waals surface area contributed by atoms with Crippen molar-refractivity contribution in [3.05, 3.63) is 12.2 Å². The summed E-state index contributed by atoms with van der Waals surface area (Å²) in [5, 5.41) is 0. The molecule has 0 aromatic rings. The highest BCUT2D eigenvalue weighted by molar-refractivity contribution is 6.13. The molecule has 0 fully saturated rings. The Labute approximate surface area is 100 Å². The minimum absolute atomic E-state index is 0.324. The molecule has 0 rings (SSSR count). The van der Waals surface area contributed by atoms with Crippen molar-refractivity contribution < 1.29 is 19.0 Å². The summed E-state index contributed by atoms with van der Waals surface area (Å²) < 4.78 is 15.5. The van der Waals surface area contributed by atoms with E-state index in [0.717, 1.165) is 29.5 Å². The predicted octanol–water partition coefficient (Wildman–Crippen LogP) is 0.588. The van der Waals surface area contributed by atoms with Gasteiger partial charge in [0.2, 0.25) is 0 Å². The van der Waals surface area contributed by atoms with Gasteiger partial charge in [-0.1, -0.05) is 6.58 Å². The Morgan fingerprint density at radius 1 is 1.31 bits per heavy atom. The van der Waals surface area contributed by atoms with Gasteiger partial charge in [-0.15, -0.1) is 0 Å². The molecule has 0 heterocycles. The quantitative estimate of drug-likeness (QED) is 0.207. The van der Waals surface area contributed by atoms with Gasteiger partial charge in [0.1, 0.15) is 5.41 Å². The first kappa shape index (κ1) is 15.3. The zero-order valence-corrected chi connectivity index (χ0v) is 12.7. The Bertz CT molecular complexity index is 236. The topological polar surface area (TPSA) is 44.8 Å². The van der Waals surface area contributed by atoms with Crippen molar-refractivity contribution in [3.63, 3.8) is 0 Å². The number of rotatable bonds is 8. The second kappa shape index (κ2) is 7.59. The first-order valence-electron chi connectivity index (χ1n) is 5.38. The first-order valence-corrected chi connectivity index (χ1v) is 6.38. The van der Waals surface area contributed by atoms with Crippen molar-refractivity contribution in [2.24, 2.45) is 0 Å². The van der Waals surface area contributed by atoms with Crippen LogP contribution in [0.25, 0.3) is 0 Å². The number of hydrogen-bond acceptors (Lipinski definition) is 4. The maximum absolute atomic E-state index is 11.1. The molecule has 0 aromatic carbocycles. The number of hydrogen-bond donors (Lipinski definition) is 0. The van der Waals surface area contributed by atoms with Gasteiger partial charge in [0.15, 0.2) is 0 Å². The van der Waals surface area contributed by atoms with Crippen molar-refractivity contribution in [3.8, 4) is 0 Å². The zero-order chi connectivity index (χ0) is 12.6. The molecule has 16 heavy (non-hydrogen) atoms. The van der Waals surface area contributed by atoms with Crippen LogP contribution in [-0.4, -0.2) is 42.4 Å². The van der Waals surface area contributed by atoms with Crippen LogP contribution in [0.5, 0.6) is 0 Å². The van der Waals surface area contributed by atoms with Gasteiger partial charge in [-0.3, -0.25) is 0 Å². The monoisotopic (exact) mass is 246 g/mol. The van der Waals surface area contributed by atoms with Crippen molar-refractivity contribution >= 4 is 16.2 Å². The van der Waals surface area contributed by atoms with Crippen LogP contribution < -0.4 is 0 Å². The molecule has 0 spiro atoms. The van der Waals surface area contributed by atoms with Crippen LogP contribution in [0.1, 0.15) is 26.2 Å². The summed E-state index contributed by atoms with van der Waals surface area (Å²) in [6.07, 6.45) is 2.56. The molecule has 0 aliphatic carbocycles. The average Bonchev–Trinajstić information content (AvgIpc) is 2.27. The number of esters is 1. The van der Waals surface area contributed by atoms with E-state index in [1.807, 2.05) is 0 Å². The first-order chi connectivity index (χ1) is 7.45. The van der Waals surface area contributed by atoms with Gasteiger partial charge < -0.3 is 14.2 Å². The van der Waals surface area contributed by atoms with Gasteiger partial charge in [0, 0.05) is 19.8 Å². The third kappa shape index (κ3) is 6.04.